The summed E-state index contributed by atoms with van der Waals surface area (Å²) in [5, 5.41) is 6.58. The van der Waals surface area contributed by atoms with E-state index >= 15 is 0 Å². The summed E-state index contributed by atoms with van der Waals surface area (Å²) >= 11 is 0. The van der Waals surface area contributed by atoms with Crippen LogP contribution in [-0.4, -0.2) is 34.8 Å². The molecule has 3 rings (SSSR count). The second-order valence-electron chi connectivity index (χ2n) is 7.94. The van der Waals surface area contributed by atoms with Crippen LogP contribution in [0.1, 0.15) is 58.8 Å². The smallest absolute Gasteiger partial charge is 0.277 e. The van der Waals surface area contributed by atoms with Crippen molar-refractivity contribution in [1.82, 2.24) is 9.97 Å². The summed E-state index contributed by atoms with van der Waals surface area (Å²) in [5.41, 5.74) is 5.51. The van der Waals surface area contributed by atoms with Gasteiger partial charge in [0.2, 0.25) is 5.95 Å². The number of H-pyrrole nitrogens is 1. The first-order valence-electron chi connectivity index (χ1n) is 9.48. The first-order valence-corrected chi connectivity index (χ1v) is 9.48. The van der Waals surface area contributed by atoms with E-state index in [4.69, 9.17) is 10.5 Å². The van der Waals surface area contributed by atoms with Crippen molar-refractivity contribution in [2.24, 2.45) is 5.92 Å². The minimum absolute atomic E-state index is 0.0128. The molecular weight excluding hydrogens is 318 g/mol. The number of aromatic nitrogens is 2. The molecule has 0 radical (unpaired) electrons. The number of anilines is 3. The van der Waals surface area contributed by atoms with Gasteiger partial charge in [0.05, 0.1) is 18.2 Å². The Kier molecular flexibility index (Phi) is 5.51. The van der Waals surface area contributed by atoms with Crippen LogP contribution in [0.15, 0.2) is 4.79 Å². The lowest BCUT2D eigenvalue weighted by atomic mass is 9.86. The average molecular weight is 349 g/mol. The van der Waals surface area contributed by atoms with Crippen molar-refractivity contribution in [2.45, 2.75) is 70.4 Å². The maximum absolute atomic E-state index is 12.1. The molecule has 1 aliphatic heterocycles. The Morgan fingerprint density at radius 1 is 1.28 bits per heavy atom. The molecule has 0 amide bonds. The first kappa shape index (κ1) is 18.0. The van der Waals surface area contributed by atoms with Gasteiger partial charge < -0.3 is 21.1 Å². The summed E-state index contributed by atoms with van der Waals surface area (Å²) in [4.78, 5) is 18.8. The molecule has 1 aliphatic carbocycles. The minimum Gasteiger partial charge on any atom is -0.379 e. The molecule has 1 unspecified atom stereocenters. The highest BCUT2D eigenvalue weighted by Gasteiger charge is 2.36. The Bertz CT molecular complexity index is 637. The number of aromatic amines is 1. The van der Waals surface area contributed by atoms with Crippen molar-refractivity contribution >= 4 is 17.5 Å². The van der Waals surface area contributed by atoms with Crippen LogP contribution in [-0.2, 0) is 4.74 Å². The van der Waals surface area contributed by atoms with Crippen molar-refractivity contribution in [3.05, 3.63) is 10.4 Å². The normalized spacial score (nSPS) is 22.7. The number of nitrogen functional groups attached to an aromatic ring is 1. The molecule has 1 fully saturated rings. The van der Waals surface area contributed by atoms with Gasteiger partial charge in [-0.1, -0.05) is 32.1 Å². The monoisotopic (exact) mass is 349 g/mol. The zero-order valence-electron chi connectivity index (χ0n) is 15.4. The largest absolute Gasteiger partial charge is 0.379 e. The SMILES string of the molecule is CC1(C)Nc2nc(N)[nH]c(=O)c2NC1COCCCC1CCCCC1. The molecule has 2 aliphatic rings. The van der Waals surface area contributed by atoms with Gasteiger partial charge in [0.1, 0.15) is 5.69 Å². The number of nitrogens with two attached hydrogens (primary N) is 1. The van der Waals surface area contributed by atoms with Crippen LogP contribution < -0.4 is 21.9 Å². The van der Waals surface area contributed by atoms with Gasteiger partial charge in [0.15, 0.2) is 5.82 Å². The molecule has 5 N–H and O–H groups in total. The molecule has 1 atom stereocenters. The van der Waals surface area contributed by atoms with Crippen LogP contribution in [0.25, 0.3) is 0 Å². The van der Waals surface area contributed by atoms with Gasteiger partial charge in [-0.25, -0.2) is 0 Å². The highest BCUT2D eigenvalue weighted by atomic mass is 16.5. The second kappa shape index (κ2) is 7.64. The van der Waals surface area contributed by atoms with E-state index in [0.29, 0.717) is 18.1 Å². The van der Waals surface area contributed by atoms with Crippen LogP contribution in [0, 0.1) is 5.92 Å². The Morgan fingerprint density at radius 3 is 2.80 bits per heavy atom. The van der Waals surface area contributed by atoms with E-state index in [9.17, 15) is 4.79 Å². The predicted molar refractivity (Wildman–Crippen MR) is 101 cm³/mol. The Balaban J connectivity index is 1.49. The summed E-state index contributed by atoms with van der Waals surface area (Å²) < 4.78 is 5.92. The zero-order chi connectivity index (χ0) is 17.9. The van der Waals surface area contributed by atoms with Crippen LogP contribution >= 0.6 is 0 Å². The standard InChI is InChI=1S/C18H31N5O2/c1-18(2)13(11-25-10-6-9-12-7-4-3-5-8-12)20-14-15(23-18)21-17(19)22-16(14)24/h12-13,20H,3-11H2,1-2H3,(H4,19,21,22,23,24). The van der Waals surface area contributed by atoms with Gasteiger partial charge in [0.25, 0.3) is 5.56 Å². The molecule has 25 heavy (non-hydrogen) atoms. The Hall–Kier alpha value is -1.76. The van der Waals surface area contributed by atoms with E-state index in [2.05, 4.69) is 34.4 Å². The topological polar surface area (TPSA) is 105 Å². The molecule has 0 saturated heterocycles. The number of rotatable bonds is 6. The zero-order valence-corrected chi connectivity index (χ0v) is 15.4. The van der Waals surface area contributed by atoms with Crippen LogP contribution in [0.2, 0.25) is 0 Å². The van der Waals surface area contributed by atoms with Gasteiger partial charge in [-0.2, -0.15) is 4.98 Å². The van der Waals surface area contributed by atoms with E-state index in [0.717, 1.165) is 18.9 Å². The minimum atomic E-state index is -0.288. The highest BCUT2D eigenvalue weighted by molar-refractivity contribution is 5.69. The maximum atomic E-state index is 12.1. The van der Waals surface area contributed by atoms with E-state index < -0.39 is 0 Å². The number of fused-ring (bicyclic) bond motifs is 1. The van der Waals surface area contributed by atoms with E-state index in [1.807, 2.05) is 0 Å². The lowest BCUT2D eigenvalue weighted by Gasteiger charge is -2.41. The highest BCUT2D eigenvalue weighted by Crippen LogP contribution is 2.30. The molecule has 1 aromatic rings. The maximum Gasteiger partial charge on any atom is 0.277 e. The Labute approximate surface area is 149 Å². The third-order valence-corrected chi connectivity index (χ3v) is 5.48. The summed E-state index contributed by atoms with van der Waals surface area (Å²) in [6.45, 7) is 5.46. The second-order valence-corrected chi connectivity index (χ2v) is 7.94. The molecule has 0 bridgehead atoms. The molecule has 7 heteroatoms. The Morgan fingerprint density at radius 2 is 2.04 bits per heavy atom. The van der Waals surface area contributed by atoms with Gasteiger partial charge in [0, 0.05) is 6.61 Å². The number of nitrogens with zero attached hydrogens (tertiary/aromatic N) is 1. The van der Waals surface area contributed by atoms with Gasteiger partial charge >= 0.3 is 0 Å². The number of nitrogens with one attached hydrogen (secondary N) is 3. The third kappa shape index (κ3) is 4.45. The third-order valence-electron chi connectivity index (χ3n) is 5.48. The van der Waals surface area contributed by atoms with E-state index in [1.165, 1.54) is 38.5 Å². The predicted octanol–water partition coefficient (Wildman–Crippen LogP) is 2.71. The quantitative estimate of drug-likeness (QED) is 0.589. The van der Waals surface area contributed by atoms with Gasteiger partial charge in [-0.3, -0.25) is 9.78 Å². The van der Waals surface area contributed by atoms with Crippen molar-refractivity contribution < 1.29 is 4.74 Å². The summed E-state index contributed by atoms with van der Waals surface area (Å²) in [6, 6.07) is -0.0128. The molecule has 0 aromatic carbocycles. The number of hydrogen-bond acceptors (Lipinski definition) is 6. The summed E-state index contributed by atoms with van der Waals surface area (Å²) in [5.74, 6) is 1.51. The van der Waals surface area contributed by atoms with Gasteiger partial charge in [-0.05, 0) is 32.6 Å². The molecule has 2 heterocycles. The fraction of sp³-hybridized carbons (Fsp3) is 0.778. The first-order chi connectivity index (χ1) is 12.0. The molecule has 0 spiro atoms. The molecule has 140 valence electrons. The fourth-order valence-corrected chi connectivity index (χ4v) is 3.86. The fourth-order valence-electron chi connectivity index (χ4n) is 3.86. The average Bonchev–Trinajstić information content (AvgIpc) is 2.55. The number of ether oxygens (including phenoxy) is 1. The van der Waals surface area contributed by atoms with Crippen molar-refractivity contribution in [3.63, 3.8) is 0 Å². The van der Waals surface area contributed by atoms with Crippen molar-refractivity contribution in [3.8, 4) is 0 Å². The van der Waals surface area contributed by atoms with E-state index in [-0.39, 0.29) is 23.1 Å². The summed E-state index contributed by atoms with van der Waals surface area (Å²) in [6.07, 6.45) is 9.34. The lowest BCUT2D eigenvalue weighted by Crippen LogP contribution is -2.55. The molecule has 7 nitrogen and oxygen atoms in total. The van der Waals surface area contributed by atoms with Crippen LogP contribution in [0.5, 0.6) is 0 Å². The molecule has 1 saturated carbocycles. The molecule has 1 aromatic heterocycles. The van der Waals surface area contributed by atoms with Crippen molar-refractivity contribution in [2.75, 3.05) is 29.6 Å². The number of hydrogen-bond donors (Lipinski definition) is 4. The summed E-state index contributed by atoms with van der Waals surface area (Å²) in [7, 11) is 0. The van der Waals surface area contributed by atoms with Crippen molar-refractivity contribution in [1.29, 1.82) is 0 Å². The van der Waals surface area contributed by atoms with E-state index in [1.54, 1.807) is 0 Å². The van der Waals surface area contributed by atoms with Crippen LogP contribution in [0.4, 0.5) is 17.5 Å². The van der Waals surface area contributed by atoms with Gasteiger partial charge in [-0.15, -0.1) is 0 Å². The molecular formula is C18H31N5O2. The van der Waals surface area contributed by atoms with Crippen LogP contribution in [0.3, 0.4) is 0 Å². The lowest BCUT2D eigenvalue weighted by molar-refractivity contribution is 0.104.